The first-order valence-electron chi connectivity index (χ1n) is 6.73. The molecule has 0 rings (SSSR count). The van der Waals surface area contributed by atoms with Crippen LogP contribution in [0.25, 0.3) is 0 Å². The lowest BCUT2D eigenvalue weighted by Gasteiger charge is -2.17. The molecule has 0 aromatic heterocycles. The van der Waals surface area contributed by atoms with E-state index in [-0.39, 0.29) is 0 Å². The molecule has 1 N–H and O–H groups in total. The molecular weight excluding hydrogens is 202 g/mol. The molecule has 0 aromatic carbocycles. The molecule has 0 bridgehead atoms. The van der Waals surface area contributed by atoms with E-state index in [4.69, 9.17) is 9.47 Å². The van der Waals surface area contributed by atoms with E-state index in [1.54, 1.807) is 0 Å². The minimum Gasteiger partial charge on any atom is -0.379 e. The number of hydrogen-bond acceptors (Lipinski definition) is 3. The van der Waals surface area contributed by atoms with E-state index in [0.717, 1.165) is 32.8 Å². The zero-order valence-corrected chi connectivity index (χ0v) is 11.3. The van der Waals surface area contributed by atoms with Crippen molar-refractivity contribution in [1.82, 2.24) is 5.32 Å². The molecule has 0 saturated heterocycles. The number of rotatable bonds is 12. The van der Waals surface area contributed by atoms with Crippen LogP contribution in [0.5, 0.6) is 0 Å². The maximum absolute atomic E-state index is 5.60. The summed E-state index contributed by atoms with van der Waals surface area (Å²) in [6.07, 6.45) is 4.66. The maximum Gasteiger partial charge on any atom is 0.0701 e. The third-order valence-corrected chi connectivity index (χ3v) is 2.36. The Morgan fingerprint density at radius 1 is 0.875 bits per heavy atom. The smallest absolute Gasteiger partial charge is 0.0701 e. The normalized spacial score (nSPS) is 12.9. The van der Waals surface area contributed by atoms with Crippen LogP contribution in [0.4, 0.5) is 0 Å². The Hall–Kier alpha value is -0.120. The van der Waals surface area contributed by atoms with Gasteiger partial charge < -0.3 is 14.8 Å². The highest BCUT2D eigenvalue weighted by atomic mass is 16.5. The summed E-state index contributed by atoms with van der Waals surface area (Å²) >= 11 is 0. The lowest BCUT2D eigenvalue weighted by atomic mass is 10.2. The second kappa shape index (κ2) is 12.9. The van der Waals surface area contributed by atoms with Gasteiger partial charge in [-0.25, -0.2) is 0 Å². The van der Waals surface area contributed by atoms with Crippen LogP contribution in [0, 0.1) is 0 Å². The number of hydrogen-bond donors (Lipinski definition) is 1. The fourth-order valence-electron chi connectivity index (χ4n) is 1.53. The summed E-state index contributed by atoms with van der Waals surface area (Å²) in [5.41, 5.74) is 0. The predicted octanol–water partition coefficient (Wildman–Crippen LogP) is 2.60. The Kier molecular flexibility index (Phi) is 12.9. The van der Waals surface area contributed by atoms with Crippen LogP contribution in [0.15, 0.2) is 0 Å². The van der Waals surface area contributed by atoms with Gasteiger partial charge in [-0.05, 0) is 25.8 Å². The molecule has 0 saturated carbocycles. The summed E-state index contributed by atoms with van der Waals surface area (Å²) in [6.45, 7) is 10.7. The van der Waals surface area contributed by atoms with Crippen LogP contribution in [0.2, 0.25) is 0 Å². The summed E-state index contributed by atoms with van der Waals surface area (Å²) in [6, 6.07) is 0.510. The van der Waals surface area contributed by atoms with Crippen LogP contribution in [-0.4, -0.2) is 39.0 Å². The molecule has 0 radical (unpaired) electrons. The molecular formula is C13H29NO2. The average Bonchev–Trinajstić information content (AvgIpc) is 2.30. The van der Waals surface area contributed by atoms with Crippen molar-refractivity contribution in [2.75, 3.05) is 33.0 Å². The summed E-state index contributed by atoms with van der Waals surface area (Å²) in [5, 5.41) is 3.51. The second-order valence-electron chi connectivity index (χ2n) is 4.13. The highest BCUT2D eigenvalue weighted by Crippen LogP contribution is 1.98. The quantitative estimate of drug-likeness (QED) is 0.524. The van der Waals surface area contributed by atoms with E-state index in [2.05, 4.69) is 26.1 Å². The van der Waals surface area contributed by atoms with Gasteiger partial charge in [-0.3, -0.25) is 0 Å². The monoisotopic (exact) mass is 231 g/mol. The largest absolute Gasteiger partial charge is 0.379 e. The molecule has 98 valence electrons. The van der Waals surface area contributed by atoms with Crippen molar-refractivity contribution in [3.63, 3.8) is 0 Å². The van der Waals surface area contributed by atoms with Gasteiger partial charge in [0, 0.05) is 12.6 Å². The first kappa shape index (κ1) is 15.9. The van der Waals surface area contributed by atoms with Crippen molar-refractivity contribution < 1.29 is 9.47 Å². The molecule has 0 aromatic rings. The van der Waals surface area contributed by atoms with Crippen LogP contribution in [0.1, 0.15) is 46.5 Å². The van der Waals surface area contributed by atoms with Gasteiger partial charge in [-0.1, -0.05) is 27.2 Å². The van der Waals surface area contributed by atoms with E-state index < -0.39 is 0 Å². The van der Waals surface area contributed by atoms with E-state index in [1.165, 1.54) is 19.3 Å². The fourth-order valence-corrected chi connectivity index (χ4v) is 1.53. The molecule has 0 aliphatic rings. The van der Waals surface area contributed by atoms with Crippen LogP contribution in [0.3, 0.4) is 0 Å². The standard InChI is InChI=1S/C13H29NO2/c1-4-7-13(14-8-5-2)12-16-11-10-15-9-6-3/h13-14H,4-12H2,1-3H3. The molecule has 0 spiro atoms. The van der Waals surface area contributed by atoms with Crippen molar-refractivity contribution in [3.05, 3.63) is 0 Å². The van der Waals surface area contributed by atoms with Gasteiger partial charge in [0.1, 0.15) is 0 Å². The minimum atomic E-state index is 0.510. The van der Waals surface area contributed by atoms with Crippen molar-refractivity contribution in [2.45, 2.75) is 52.5 Å². The van der Waals surface area contributed by atoms with E-state index in [0.29, 0.717) is 12.6 Å². The van der Waals surface area contributed by atoms with Gasteiger partial charge in [0.05, 0.1) is 19.8 Å². The maximum atomic E-state index is 5.60. The summed E-state index contributed by atoms with van der Waals surface area (Å²) in [4.78, 5) is 0. The average molecular weight is 231 g/mol. The molecule has 0 aliphatic carbocycles. The van der Waals surface area contributed by atoms with Gasteiger partial charge in [0.2, 0.25) is 0 Å². The molecule has 0 heterocycles. The molecule has 1 atom stereocenters. The van der Waals surface area contributed by atoms with Gasteiger partial charge in [0.25, 0.3) is 0 Å². The van der Waals surface area contributed by atoms with Gasteiger partial charge >= 0.3 is 0 Å². The highest BCUT2D eigenvalue weighted by Gasteiger charge is 2.05. The molecule has 0 fully saturated rings. The van der Waals surface area contributed by atoms with E-state index >= 15 is 0 Å². The Morgan fingerprint density at radius 3 is 2.25 bits per heavy atom. The van der Waals surface area contributed by atoms with Crippen molar-refractivity contribution >= 4 is 0 Å². The Labute approximate surface area is 101 Å². The first-order valence-corrected chi connectivity index (χ1v) is 6.73. The van der Waals surface area contributed by atoms with Crippen molar-refractivity contribution in [3.8, 4) is 0 Å². The van der Waals surface area contributed by atoms with Gasteiger partial charge in [-0.2, -0.15) is 0 Å². The Bertz CT molecular complexity index is 131. The predicted molar refractivity (Wildman–Crippen MR) is 68.9 cm³/mol. The van der Waals surface area contributed by atoms with Crippen LogP contribution >= 0.6 is 0 Å². The number of ether oxygens (including phenoxy) is 2. The SMILES string of the molecule is CCCNC(CCC)COCCOCCC. The molecule has 3 nitrogen and oxygen atoms in total. The highest BCUT2D eigenvalue weighted by molar-refractivity contribution is 4.64. The summed E-state index contributed by atoms with van der Waals surface area (Å²) < 4.78 is 11.0. The van der Waals surface area contributed by atoms with E-state index in [1.807, 2.05) is 0 Å². The van der Waals surface area contributed by atoms with Crippen LogP contribution < -0.4 is 5.32 Å². The van der Waals surface area contributed by atoms with Gasteiger partial charge in [-0.15, -0.1) is 0 Å². The Balaban J connectivity index is 3.36. The number of nitrogens with one attached hydrogen (secondary N) is 1. The third kappa shape index (κ3) is 10.4. The second-order valence-corrected chi connectivity index (χ2v) is 4.13. The molecule has 0 amide bonds. The zero-order valence-electron chi connectivity index (χ0n) is 11.3. The molecule has 3 heteroatoms. The van der Waals surface area contributed by atoms with Crippen molar-refractivity contribution in [1.29, 1.82) is 0 Å². The minimum absolute atomic E-state index is 0.510. The molecule has 0 aliphatic heterocycles. The van der Waals surface area contributed by atoms with Gasteiger partial charge in [0.15, 0.2) is 0 Å². The summed E-state index contributed by atoms with van der Waals surface area (Å²) in [5.74, 6) is 0. The molecule has 1 unspecified atom stereocenters. The first-order chi connectivity index (χ1) is 7.85. The van der Waals surface area contributed by atoms with Crippen molar-refractivity contribution in [2.24, 2.45) is 0 Å². The van der Waals surface area contributed by atoms with Crippen LogP contribution in [-0.2, 0) is 9.47 Å². The Morgan fingerprint density at radius 2 is 1.62 bits per heavy atom. The fraction of sp³-hybridized carbons (Fsp3) is 1.00. The zero-order chi connectivity index (χ0) is 12.1. The molecule has 16 heavy (non-hydrogen) atoms. The van der Waals surface area contributed by atoms with E-state index in [9.17, 15) is 0 Å². The lowest BCUT2D eigenvalue weighted by Crippen LogP contribution is -2.34. The third-order valence-electron chi connectivity index (χ3n) is 2.36. The topological polar surface area (TPSA) is 30.5 Å². The summed E-state index contributed by atoms with van der Waals surface area (Å²) in [7, 11) is 0. The lowest BCUT2D eigenvalue weighted by molar-refractivity contribution is 0.0384.